The lowest BCUT2D eigenvalue weighted by Crippen LogP contribution is -2.21. The van der Waals surface area contributed by atoms with Crippen LogP contribution in [0.25, 0.3) is 5.57 Å². The maximum Gasteiger partial charge on any atom is 0.150 e. The smallest absolute Gasteiger partial charge is 0.150 e. The third-order valence-corrected chi connectivity index (χ3v) is 4.59. The Morgan fingerprint density at radius 1 is 1.65 bits per heavy atom. The molecule has 5 heteroatoms. The molecule has 2 fully saturated rings. The number of nitrogens with zero attached hydrogens (tertiary/aromatic N) is 2. The Balaban J connectivity index is 1.79. The van der Waals surface area contributed by atoms with Crippen LogP contribution in [0.2, 0.25) is 5.02 Å². The molecule has 2 bridgehead atoms. The number of fused-ring (bicyclic) bond motifs is 1. The molecule has 1 aromatic rings. The number of hydrogen-bond donors (Lipinski definition) is 2. The summed E-state index contributed by atoms with van der Waals surface area (Å²) in [5.74, 6) is 1.40. The van der Waals surface area contributed by atoms with Crippen molar-refractivity contribution in [1.29, 1.82) is 0 Å². The first kappa shape index (κ1) is 9.48. The zero-order valence-electron chi connectivity index (χ0n) is 8.89. The molecule has 3 atom stereocenters. The Morgan fingerprint density at radius 3 is 3.12 bits per heavy atom. The molecule has 0 aromatic carbocycles. The lowest BCUT2D eigenvalue weighted by Gasteiger charge is -2.01. The number of hydrogen-bond acceptors (Lipinski definition) is 3. The van der Waals surface area contributed by atoms with Gasteiger partial charge >= 0.3 is 0 Å². The van der Waals surface area contributed by atoms with Crippen molar-refractivity contribution in [3.05, 3.63) is 34.6 Å². The average Bonchev–Trinajstić information content (AvgIpc) is 3.07. The summed E-state index contributed by atoms with van der Waals surface area (Å²) >= 11 is 5.96. The van der Waals surface area contributed by atoms with E-state index < -0.39 is 0 Å². The Morgan fingerprint density at radius 2 is 2.47 bits per heavy atom. The zero-order chi connectivity index (χ0) is 11.8. The summed E-state index contributed by atoms with van der Waals surface area (Å²) < 4.78 is 0. The second kappa shape index (κ2) is 2.64. The van der Waals surface area contributed by atoms with Crippen LogP contribution in [0.3, 0.4) is 0 Å². The quantitative estimate of drug-likeness (QED) is 0.363. The van der Waals surface area contributed by atoms with Gasteiger partial charge in [0.05, 0.1) is 11.1 Å². The van der Waals surface area contributed by atoms with Gasteiger partial charge in [-0.25, -0.2) is 0 Å². The molecule has 0 radical (unpaired) electrons. The van der Waals surface area contributed by atoms with Gasteiger partial charge in [-0.2, -0.15) is 0 Å². The first-order chi connectivity index (χ1) is 8.21. The highest BCUT2D eigenvalue weighted by atomic mass is 35.5. The van der Waals surface area contributed by atoms with Gasteiger partial charge in [0.2, 0.25) is 0 Å². The van der Waals surface area contributed by atoms with Crippen molar-refractivity contribution in [2.45, 2.75) is 6.42 Å². The first-order valence-electron chi connectivity index (χ1n) is 5.54. The zero-order valence-corrected chi connectivity index (χ0v) is 9.65. The molecule has 0 amide bonds. The van der Waals surface area contributed by atoms with E-state index in [-0.39, 0.29) is 5.41 Å². The average molecular weight is 248 g/mol. The van der Waals surface area contributed by atoms with E-state index in [2.05, 4.69) is 10.1 Å². The van der Waals surface area contributed by atoms with Gasteiger partial charge in [0, 0.05) is 17.1 Å². The van der Waals surface area contributed by atoms with Crippen LogP contribution in [0.4, 0.5) is 0 Å². The van der Waals surface area contributed by atoms with E-state index in [0.29, 0.717) is 22.7 Å². The van der Waals surface area contributed by atoms with Crippen molar-refractivity contribution >= 4 is 23.0 Å². The van der Waals surface area contributed by atoms with Crippen molar-refractivity contribution in [2.24, 2.45) is 28.1 Å². The van der Waals surface area contributed by atoms with Crippen molar-refractivity contribution in [2.75, 3.05) is 0 Å². The first-order valence-corrected chi connectivity index (χ1v) is 5.92. The summed E-state index contributed by atoms with van der Waals surface area (Å²) in [6.07, 6.45) is 2.69. The van der Waals surface area contributed by atoms with E-state index in [4.69, 9.17) is 22.5 Å². The predicted molar refractivity (Wildman–Crippen MR) is 63.6 cm³/mol. The molecule has 0 spiro atoms. The van der Waals surface area contributed by atoms with E-state index in [9.17, 15) is 0 Å². The maximum atomic E-state index is 8.80. The fraction of sp³-hybridized carbons (Fsp3) is 0.333. The van der Waals surface area contributed by atoms with Crippen LogP contribution in [0.5, 0.6) is 0 Å². The van der Waals surface area contributed by atoms with E-state index in [1.54, 1.807) is 12.3 Å². The summed E-state index contributed by atoms with van der Waals surface area (Å²) in [5, 5.41) is 12.7. The molecule has 2 saturated carbocycles. The largest absolute Gasteiger partial charge is 0.409 e. The van der Waals surface area contributed by atoms with Gasteiger partial charge in [-0.3, -0.25) is 4.98 Å². The minimum absolute atomic E-state index is 0.103. The SMILES string of the molecule is N/C(=N\O)[C@]12C3=C(c4cc(Cl)ccn4)C[C@@H]1[C@H]32. The third kappa shape index (κ3) is 0.880. The fourth-order valence-electron chi connectivity index (χ4n) is 3.56. The molecule has 5 rings (SSSR count). The van der Waals surface area contributed by atoms with Crippen LogP contribution in [-0.2, 0) is 0 Å². The molecule has 86 valence electrons. The molecule has 0 aliphatic heterocycles. The number of nitrogens with two attached hydrogens (primary N) is 1. The standard InChI is InChI=1S/C12H10ClN3O/c13-5-1-2-15-8(3-5)6-4-7-10-9(6)12(7,10)11(14)16-17/h1-3,7,10,17H,4H2,(H2,14,16)/t7-,10-,12+/m1/s1. The number of halogens is 1. The summed E-state index contributed by atoms with van der Waals surface area (Å²) in [6.45, 7) is 0. The van der Waals surface area contributed by atoms with Crippen molar-refractivity contribution in [1.82, 2.24) is 4.98 Å². The number of pyridine rings is 1. The van der Waals surface area contributed by atoms with Crippen LogP contribution in [0.15, 0.2) is 29.1 Å². The highest BCUT2D eigenvalue weighted by Crippen LogP contribution is 2.91. The molecule has 1 heterocycles. The number of allylic oxidation sites excluding steroid dienone is 1. The van der Waals surface area contributed by atoms with Gasteiger partial charge in [-0.05, 0) is 35.6 Å². The topological polar surface area (TPSA) is 71.5 Å². The molecule has 4 nitrogen and oxygen atoms in total. The molecule has 1 aromatic heterocycles. The van der Waals surface area contributed by atoms with Crippen molar-refractivity contribution < 1.29 is 5.21 Å². The number of rotatable bonds is 2. The number of oxime groups is 1. The molecular weight excluding hydrogens is 238 g/mol. The molecule has 3 N–H and O–H groups in total. The molecule has 0 saturated heterocycles. The second-order valence-corrected chi connectivity index (χ2v) is 5.33. The molecule has 17 heavy (non-hydrogen) atoms. The lowest BCUT2D eigenvalue weighted by molar-refractivity contribution is 0.315. The Hall–Kier alpha value is -1.55. The van der Waals surface area contributed by atoms with Crippen molar-refractivity contribution in [3.63, 3.8) is 0 Å². The van der Waals surface area contributed by atoms with Gasteiger partial charge in [0.1, 0.15) is 5.84 Å². The summed E-state index contributed by atoms with van der Waals surface area (Å²) in [6, 6.07) is 3.64. The second-order valence-electron chi connectivity index (χ2n) is 4.89. The Labute approximate surface area is 103 Å². The molecule has 4 aliphatic rings. The van der Waals surface area contributed by atoms with Crippen LogP contribution in [-0.4, -0.2) is 16.0 Å². The maximum absolute atomic E-state index is 8.80. The van der Waals surface area contributed by atoms with Crippen LogP contribution >= 0.6 is 11.6 Å². The van der Waals surface area contributed by atoms with Gasteiger partial charge < -0.3 is 10.9 Å². The summed E-state index contributed by atoms with van der Waals surface area (Å²) in [7, 11) is 0. The minimum atomic E-state index is -0.103. The predicted octanol–water partition coefficient (Wildman–Crippen LogP) is 1.88. The van der Waals surface area contributed by atoms with E-state index in [0.717, 1.165) is 12.1 Å². The third-order valence-electron chi connectivity index (χ3n) is 4.35. The van der Waals surface area contributed by atoms with Gasteiger partial charge in [-0.1, -0.05) is 16.8 Å². The Kier molecular flexibility index (Phi) is 1.47. The molecule has 4 aliphatic carbocycles. The normalized spacial score (nSPS) is 37.1. The summed E-state index contributed by atoms with van der Waals surface area (Å²) in [4.78, 5) is 4.34. The van der Waals surface area contributed by atoms with E-state index in [1.165, 1.54) is 11.1 Å². The van der Waals surface area contributed by atoms with Crippen LogP contribution < -0.4 is 5.73 Å². The number of amidine groups is 1. The van der Waals surface area contributed by atoms with Gasteiger partial charge in [0.15, 0.2) is 0 Å². The van der Waals surface area contributed by atoms with Crippen LogP contribution in [0, 0.1) is 17.3 Å². The highest BCUT2D eigenvalue weighted by molar-refractivity contribution is 6.30. The highest BCUT2D eigenvalue weighted by Gasteiger charge is 2.89. The molecule has 0 unspecified atom stereocenters. The van der Waals surface area contributed by atoms with Crippen molar-refractivity contribution in [3.8, 4) is 0 Å². The summed E-state index contributed by atoms with van der Waals surface area (Å²) in [5.41, 5.74) is 9.15. The minimum Gasteiger partial charge on any atom is -0.409 e. The van der Waals surface area contributed by atoms with E-state index in [1.807, 2.05) is 6.07 Å². The monoisotopic (exact) mass is 247 g/mol. The van der Waals surface area contributed by atoms with E-state index >= 15 is 0 Å². The number of aromatic nitrogens is 1. The Bertz CT molecular complexity index is 610. The van der Waals surface area contributed by atoms with Gasteiger partial charge in [-0.15, -0.1) is 0 Å². The van der Waals surface area contributed by atoms with Crippen LogP contribution in [0.1, 0.15) is 12.1 Å². The fourth-order valence-corrected chi connectivity index (χ4v) is 3.72. The van der Waals surface area contributed by atoms with Gasteiger partial charge in [0.25, 0.3) is 0 Å². The molecular formula is C12H10ClN3O. The lowest BCUT2D eigenvalue weighted by atomic mass is 10.1.